The maximum atomic E-state index is 13.2. The van der Waals surface area contributed by atoms with Gasteiger partial charge >= 0.3 is 5.97 Å². The Kier molecular flexibility index (Phi) is 22.8. The number of carboxylic acids is 1. The standard InChI is InChI=1S/C28H55O8PS/c1-4-7-9-11-13-14-15-17-19-23-38(33,34)25(20-18-16-12-10-8-5-2)21-22-35-26(6-3)36-24-28(31,37-32)27(29)30/h25-26,31H,4-24H2,1-3H3,(H,29,30). The molecular formula is C28H55O8PS. The number of hydrogen-bond donors (Lipinski definition) is 2. The van der Waals surface area contributed by atoms with Crippen LogP contribution in [-0.4, -0.2) is 60.4 Å². The first-order valence-corrected chi connectivity index (χ1v) is 17.4. The zero-order valence-electron chi connectivity index (χ0n) is 24.2. The van der Waals surface area contributed by atoms with Gasteiger partial charge in [-0.25, -0.2) is 13.2 Å². The lowest BCUT2D eigenvalue weighted by Gasteiger charge is -2.23. The lowest BCUT2D eigenvalue weighted by atomic mass is 10.1. The molecule has 0 fully saturated rings. The normalized spacial score (nSPS) is 15.4. The van der Waals surface area contributed by atoms with Crippen LogP contribution in [0.5, 0.6) is 0 Å². The Morgan fingerprint density at radius 3 is 1.76 bits per heavy atom. The minimum absolute atomic E-state index is 0.149. The van der Waals surface area contributed by atoms with Crippen LogP contribution < -0.4 is 0 Å². The molecule has 3 atom stereocenters. The highest BCUT2D eigenvalue weighted by molar-refractivity contribution is 7.92. The lowest BCUT2D eigenvalue weighted by molar-refractivity contribution is -0.178. The summed E-state index contributed by atoms with van der Waals surface area (Å²) in [7, 11) is -4.23. The summed E-state index contributed by atoms with van der Waals surface area (Å²) in [6.45, 7) is 5.61. The highest BCUT2D eigenvalue weighted by Crippen LogP contribution is 2.23. The molecule has 0 saturated heterocycles. The molecule has 0 aromatic rings. The molecule has 3 unspecified atom stereocenters. The summed E-state index contributed by atoms with van der Waals surface area (Å²) in [5.74, 6) is -1.45. The van der Waals surface area contributed by atoms with Crippen LogP contribution in [0.25, 0.3) is 0 Å². The van der Waals surface area contributed by atoms with Crippen molar-refractivity contribution in [3.63, 3.8) is 0 Å². The number of sulfone groups is 1. The number of hydrogen-bond acceptors (Lipinski definition) is 7. The zero-order valence-corrected chi connectivity index (χ0v) is 25.9. The van der Waals surface area contributed by atoms with E-state index in [4.69, 9.17) is 14.6 Å². The summed E-state index contributed by atoms with van der Waals surface area (Å²) < 4.78 is 48.5. The largest absolute Gasteiger partial charge is 0.478 e. The number of rotatable bonds is 28. The summed E-state index contributed by atoms with van der Waals surface area (Å²) >= 11 is 0. The minimum Gasteiger partial charge on any atom is -0.478 e. The summed E-state index contributed by atoms with van der Waals surface area (Å²) in [6.07, 6.45) is 17.2. The van der Waals surface area contributed by atoms with Crippen molar-refractivity contribution in [3.05, 3.63) is 0 Å². The fourth-order valence-electron chi connectivity index (χ4n) is 4.39. The number of carbonyl (C=O) groups is 1. The molecule has 0 heterocycles. The Morgan fingerprint density at radius 2 is 1.29 bits per heavy atom. The molecule has 0 spiro atoms. The molecule has 0 amide bonds. The van der Waals surface area contributed by atoms with Gasteiger partial charge in [-0.3, -0.25) is 4.57 Å². The number of aliphatic hydroxyl groups is 1. The van der Waals surface area contributed by atoms with Crippen molar-refractivity contribution < 1.29 is 37.5 Å². The van der Waals surface area contributed by atoms with Gasteiger partial charge in [0.1, 0.15) is 6.61 Å². The topological polar surface area (TPSA) is 127 Å². The van der Waals surface area contributed by atoms with Crippen molar-refractivity contribution in [1.82, 2.24) is 0 Å². The van der Waals surface area contributed by atoms with Gasteiger partial charge in [-0.15, -0.1) is 0 Å². The zero-order chi connectivity index (χ0) is 28.7. The highest BCUT2D eigenvalue weighted by Gasteiger charge is 2.38. The van der Waals surface area contributed by atoms with Crippen LogP contribution in [0.3, 0.4) is 0 Å². The van der Waals surface area contributed by atoms with E-state index >= 15 is 0 Å². The lowest BCUT2D eigenvalue weighted by Crippen LogP contribution is -2.39. The molecule has 0 aliphatic heterocycles. The third-order valence-corrected chi connectivity index (χ3v) is 9.93. The molecule has 0 rings (SSSR count). The van der Waals surface area contributed by atoms with Crippen LogP contribution in [0.4, 0.5) is 0 Å². The van der Waals surface area contributed by atoms with Crippen molar-refractivity contribution in [2.45, 2.75) is 153 Å². The molecule has 0 aromatic carbocycles. The first kappa shape index (κ1) is 37.4. The van der Waals surface area contributed by atoms with E-state index in [0.717, 1.165) is 32.1 Å². The van der Waals surface area contributed by atoms with E-state index in [-0.39, 0.29) is 12.4 Å². The Hall–Kier alpha value is -0.600. The molecule has 226 valence electrons. The van der Waals surface area contributed by atoms with Crippen molar-refractivity contribution in [3.8, 4) is 0 Å². The number of carboxylic acid groups (broad SMARTS) is 1. The fraction of sp³-hybridized carbons (Fsp3) is 0.964. The van der Waals surface area contributed by atoms with Crippen molar-refractivity contribution >= 4 is 24.3 Å². The maximum Gasteiger partial charge on any atom is 0.350 e. The van der Waals surface area contributed by atoms with Crippen LogP contribution in [-0.2, 0) is 28.7 Å². The van der Waals surface area contributed by atoms with Crippen LogP contribution in [0, 0.1) is 0 Å². The Labute approximate surface area is 233 Å². The summed E-state index contributed by atoms with van der Waals surface area (Å²) in [5.41, 5.74) is 0. The average Bonchev–Trinajstić information content (AvgIpc) is 2.89. The molecule has 0 aliphatic rings. The average molecular weight is 583 g/mol. The van der Waals surface area contributed by atoms with Gasteiger partial charge in [-0.1, -0.05) is 111 Å². The third kappa shape index (κ3) is 17.9. The molecule has 0 saturated carbocycles. The van der Waals surface area contributed by atoms with Gasteiger partial charge in [0, 0.05) is 0 Å². The molecule has 0 aliphatic carbocycles. The second kappa shape index (κ2) is 23.1. The highest BCUT2D eigenvalue weighted by atomic mass is 32.2. The van der Waals surface area contributed by atoms with Crippen LogP contribution in [0.15, 0.2) is 0 Å². The molecule has 0 radical (unpaired) electrons. The predicted octanol–water partition coefficient (Wildman–Crippen LogP) is 7.28. The second-order valence-corrected chi connectivity index (χ2v) is 13.7. The minimum atomic E-state index is -3.26. The Morgan fingerprint density at radius 1 is 0.789 bits per heavy atom. The molecular weight excluding hydrogens is 527 g/mol. The first-order chi connectivity index (χ1) is 18.2. The van der Waals surface area contributed by atoms with Crippen LogP contribution >= 0.6 is 8.46 Å². The van der Waals surface area contributed by atoms with Gasteiger partial charge < -0.3 is 19.7 Å². The fourth-order valence-corrected chi connectivity index (χ4v) is 6.51. The van der Waals surface area contributed by atoms with E-state index in [0.29, 0.717) is 25.7 Å². The van der Waals surface area contributed by atoms with E-state index in [9.17, 15) is 22.9 Å². The summed E-state index contributed by atoms with van der Waals surface area (Å²) in [6, 6.07) is 0. The van der Waals surface area contributed by atoms with E-state index in [2.05, 4.69) is 13.8 Å². The van der Waals surface area contributed by atoms with Crippen molar-refractivity contribution in [2.75, 3.05) is 19.0 Å². The maximum absolute atomic E-state index is 13.2. The van der Waals surface area contributed by atoms with E-state index in [1.165, 1.54) is 57.8 Å². The SMILES string of the molecule is CCCCCCCCCCCS(=O)(=O)C(CCCCCCCC)CCOC(CC)OCC(O)(P=O)C(=O)O. The smallest absolute Gasteiger partial charge is 0.350 e. The molecule has 2 N–H and O–H groups in total. The summed E-state index contributed by atoms with van der Waals surface area (Å²) in [4.78, 5) is 11.1. The third-order valence-electron chi connectivity index (χ3n) is 6.96. The number of ether oxygens (including phenoxy) is 2. The van der Waals surface area contributed by atoms with Crippen molar-refractivity contribution in [2.24, 2.45) is 0 Å². The number of unbranched alkanes of at least 4 members (excludes halogenated alkanes) is 13. The van der Waals surface area contributed by atoms with Gasteiger partial charge in [0.15, 0.2) is 16.1 Å². The van der Waals surface area contributed by atoms with Gasteiger partial charge in [-0.05, 0) is 25.7 Å². The van der Waals surface area contributed by atoms with Gasteiger partial charge in [0.25, 0.3) is 5.34 Å². The van der Waals surface area contributed by atoms with Gasteiger partial charge in [0.05, 0.1) is 17.6 Å². The Bertz CT molecular complexity index is 703. The van der Waals surface area contributed by atoms with E-state index in [1.54, 1.807) is 6.92 Å². The monoisotopic (exact) mass is 582 g/mol. The van der Waals surface area contributed by atoms with Gasteiger partial charge in [0.2, 0.25) is 8.46 Å². The van der Waals surface area contributed by atoms with E-state index in [1.807, 2.05) is 0 Å². The predicted molar refractivity (Wildman–Crippen MR) is 154 cm³/mol. The second-order valence-electron chi connectivity index (χ2n) is 10.4. The van der Waals surface area contributed by atoms with Crippen molar-refractivity contribution in [1.29, 1.82) is 0 Å². The molecule has 0 bridgehead atoms. The van der Waals surface area contributed by atoms with Crippen LogP contribution in [0.2, 0.25) is 0 Å². The molecule has 10 heteroatoms. The molecule has 38 heavy (non-hydrogen) atoms. The summed E-state index contributed by atoms with van der Waals surface area (Å²) in [5, 5.41) is 15.9. The molecule has 8 nitrogen and oxygen atoms in total. The first-order valence-electron chi connectivity index (χ1n) is 14.9. The van der Waals surface area contributed by atoms with E-state index < -0.39 is 47.8 Å². The quantitative estimate of drug-likeness (QED) is 0.0560. The molecule has 0 aromatic heterocycles. The Balaban J connectivity index is 4.73. The van der Waals surface area contributed by atoms with Crippen LogP contribution in [0.1, 0.15) is 136 Å². The number of aliphatic carboxylic acids is 1. The van der Waals surface area contributed by atoms with Gasteiger partial charge in [-0.2, -0.15) is 0 Å².